The van der Waals surface area contributed by atoms with Gasteiger partial charge in [-0.3, -0.25) is 24.2 Å². The molecule has 4 N–H and O–H groups in total. The van der Waals surface area contributed by atoms with Crippen molar-refractivity contribution in [3.8, 4) is 16.9 Å². The van der Waals surface area contributed by atoms with Crippen LogP contribution in [0.15, 0.2) is 46.2 Å². The van der Waals surface area contributed by atoms with Crippen molar-refractivity contribution in [3.63, 3.8) is 0 Å². The number of aromatic nitrogens is 4. The molecule has 1 amide bonds. The summed E-state index contributed by atoms with van der Waals surface area (Å²) in [6, 6.07) is 7.17. The fourth-order valence-electron chi connectivity index (χ4n) is 2.85. The molecule has 2 heterocycles. The van der Waals surface area contributed by atoms with Gasteiger partial charge in [0.2, 0.25) is 5.75 Å². The van der Waals surface area contributed by atoms with Gasteiger partial charge in [0.1, 0.15) is 0 Å². The first kappa shape index (κ1) is 19.2. The monoisotopic (exact) mass is 383 g/mol. The van der Waals surface area contributed by atoms with Gasteiger partial charge in [-0.2, -0.15) is 5.10 Å². The van der Waals surface area contributed by atoms with E-state index in [-0.39, 0.29) is 0 Å². The number of aromatic amines is 2. The van der Waals surface area contributed by atoms with Crippen molar-refractivity contribution in [2.45, 2.75) is 32.9 Å². The van der Waals surface area contributed by atoms with Crippen molar-refractivity contribution in [2.75, 3.05) is 0 Å². The van der Waals surface area contributed by atoms with E-state index in [1.165, 1.54) is 0 Å². The van der Waals surface area contributed by atoms with E-state index in [0.29, 0.717) is 0 Å². The van der Waals surface area contributed by atoms with Gasteiger partial charge in [0.05, 0.1) is 12.2 Å². The second-order valence-corrected chi connectivity index (χ2v) is 6.44. The SMILES string of the molecule is CCCn1cc(-c2cccc(C(C)NC(=O)c3[nH]c(=O)[nH]c(=O)c3O)c2)cn1. The summed E-state index contributed by atoms with van der Waals surface area (Å²) in [5.74, 6) is -1.59. The normalized spacial score (nSPS) is 11.9. The summed E-state index contributed by atoms with van der Waals surface area (Å²) >= 11 is 0. The first-order valence-electron chi connectivity index (χ1n) is 8.88. The average molecular weight is 383 g/mol. The van der Waals surface area contributed by atoms with Gasteiger partial charge in [0, 0.05) is 18.3 Å². The quantitative estimate of drug-likeness (QED) is 0.512. The first-order chi connectivity index (χ1) is 13.4. The Bertz CT molecular complexity index is 1110. The third-order valence-corrected chi connectivity index (χ3v) is 4.30. The van der Waals surface area contributed by atoms with Gasteiger partial charge in [-0.05, 0) is 30.5 Å². The van der Waals surface area contributed by atoms with E-state index in [2.05, 4.69) is 22.3 Å². The fourth-order valence-corrected chi connectivity index (χ4v) is 2.85. The van der Waals surface area contributed by atoms with Gasteiger partial charge in [-0.1, -0.05) is 25.1 Å². The second kappa shape index (κ2) is 7.95. The Hall–Kier alpha value is -3.62. The number of aromatic hydroxyl groups is 1. The summed E-state index contributed by atoms with van der Waals surface area (Å²) in [5.41, 5.74) is 0.372. The van der Waals surface area contributed by atoms with Crippen LogP contribution in [-0.4, -0.2) is 30.8 Å². The summed E-state index contributed by atoms with van der Waals surface area (Å²) in [4.78, 5) is 39.2. The van der Waals surface area contributed by atoms with Crippen LogP contribution < -0.4 is 16.6 Å². The number of nitrogens with zero attached hydrogens (tertiary/aromatic N) is 2. The molecule has 28 heavy (non-hydrogen) atoms. The molecule has 0 aliphatic rings. The Kier molecular flexibility index (Phi) is 5.44. The maximum atomic E-state index is 12.4. The Morgan fingerprint density at radius 3 is 2.82 bits per heavy atom. The average Bonchev–Trinajstić information content (AvgIpc) is 3.13. The molecular formula is C19H21N5O4. The van der Waals surface area contributed by atoms with E-state index < -0.39 is 34.6 Å². The van der Waals surface area contributed by atoms with Crippen LogP contribution in [-0.2, 0) is 6.54 Å². The number of amides is 1. The highest BCUT2D eigenvalue weighted by Crippen LogP contribution is 2.23. The highest BCUT2D eigenvalue weighted by molar-refractivity contribution is 5.94. The number of benzene rings is 1. The van der Waals surface area contributed by atoms with Crippen LogP contribution in [0.4, 0.5) is 0 Å². The third kappa shape index (κ3) is 4.03. The van der Waals surface area contributed by atoms with E-state index in [1.54, 1.807) is 13.1 Å². The van der Waals surface area contributed by atoms with E-state index in [4.69, 9.17) is 0 Å². The topological polar surface area (TPSA) is 133 Å². The summed E-state index contributed by atoms with van der Waals surface area (Å²) in [5, 5.41) is 16.7. The molecule has 9 heteroatoms. The molecule has 0 bridgehead atoms. The molecule has 0 radical (unpaired) electrons. The Balaban J connectivity index is 1.81. The molecule has 1 atom stereocenters. The molecule has 0 aliphatic carbocycles. The van der Waals surface area contributed by atoms with Crippen LogP contribution in [0, 0.1) is 0 Å². The summed E-state index contributed by atoms with van der Waals surface area (Å²) in [6.07, 6.45) is 4.74. The van der Waals surface area contributed by atoms with Crippen LogP contribution in [0.3, 0.4) is 0 Å². The van der Waals surface area contributed by atoms with Crippen molar-refractivity contribution in [3.05, 3.63) is 68.8 Å². The number of aryl methyl sites for hydroxylation is 1. The largest absolute Gasteiger partial charge is 0.501 e. The van der Waals surface area contributed by atoms with E-state index in [9.17, 15) is 19.5 Å². The van der Waals surface area contributed by atoms with E-state index >= 15 is 0 Å². The van der Waals surface area contributed by atoms with Crippen LogP contribution >= 0.6 is 0 Å². The Morgan fingerprint density at radius 2 is 2.07 bits per heavy atom. The van der Waals surface area contributed by atoms with Crippen molar-refractivity contribution in [1.29, 1.82) is 0 Å². The van der Waals surface area contributed by atoms with Gasteiger partial charge in [-0.15, -0.1) is 0 Å². The predicted molar refractivity (Wildman–Crippen MR) is 103 cm³/mol. The zero-order valence-electron chi connectivity index (χ0n) is 15.5. The molecule has 1 aromatic carbocycles. The van der Waals surface area contributed by atoms with E-state index in [1.807, 2.05) is 40.1 Å². The lowest BCUT2D eigenvalue weighted by molar-refractivity contribution is 0.0931. The van der Waals surface area contributed by atoms with Gasteiger partial charge < -0.3 is 10.4 Å². The lowest BCUT2D eigenvalue weighted by Crippen LogP contribution is -2.32. The molecule has 0 saturated carbocycles. The zero-order valence-corrected chi connectivity index (χ0v) is 15.5. The zero-order chi connectivity index (χ0) is 20.3. The van der Waals surface area contributed by atoms with Gasteiger partial charge >= 0.3 is 5.69 Å². The maximum Gasteiger partial charge on any atom is 0.326 e. The summed E-state index contributed by atoms with van der Waals surface area (Å²) in [7, 11) is 0. The standard InChI is InChI=1S/C19H21N5O4/c1-3-7-24-10-14(9-20-24)13-6-4-5-12(8-13)11(2)21-17(26)15-16(25)18(27)23-19(28)22-15/h4-6,8-11,25H,3,7H2,1-2H3,(H,21,26)(H2,22,23,27,28). The maximum absolute atomic E-state index is 12.4. The highest BCUT2D eigenvalue weighted by atomic mass is 16.3. The number of carbonyl (C=O) groups is 1. The predicted octanol–water partition coefficient (Wildman–Crippen LogP) is 1.53. The molecule has 3 aromatic rings. The third-order valence-electron chi connectivity index (χ3n) is 4.30. The Labute approximate surface area is 160 Å². The molecule has 146 valence electrons. The van der Waals surface area contributed by atoms with Crippen LogP contribution in [0.5, 0.6) is 5.75 Å². The molecule has 9 nitrogen and oxygen atoms in total. The molecular weight excluding hydrogens is 362 g/mol. The van der Waals surface area contributed by atoms with Gasteiger partial charge in [-0.25, -0.2) is 4.79 Å². The van der Waals surface area contributed by atoms with Crippen molar-refractivity contribution < 1.29 is 9.90 Å². The van der Waals surface area contributed by atoms with Gasteiger partial charge in [0.25, 0.3) is 11.5 Å². The number of carbonyl (C=O) groups excluding carboxylic acids is 1. The van der Waals surface area contributed by atoms with E-state index in [0.717, 1.165) is 29.7 Å². The highest BCUT2D eigenvalue weighted by Gasteiger charge is 2.18. The Morgan fingerprint density at radius 1 is 1.29 bits per heavy atom. The lowest BCUT2D eigenvalue weighted by Gasteiger charge is -2.15. The fraction of sp³-hybridized carbons (Fsp3) is 0.263. The molecule has 1 unspecified atom stereocenters. The van der Waals surface area contributed by atoms with Crippen molar-refractivity contribution >= 4 is 5.91 Å². The van der Waals surface area contributed by atoms with Crippen molar-refractivity contribution in [2.24, 2.45) is 0 Å². The molecule has 0 spiro atoms. The number of rotatable bonds is 6. The smallest absolute Gasteiger partial charge is 0.326 e. The van der Waals surface area contributed by atoms with Crippen LogP contribution in [0.2, 0.25) is 0 Å². The summed E-state index contributed by atoms with van der Waals surface area (Å²) in [6.45, 7) is 4.68. The number of hydrogen-bond acceptors (Lipinski definition) is 5. The lowest BCUT2D eigenvalue weighted by atomic mass is 10.0. The first-order valence-corrected chi connectivity index (χ1v) is 8.88. The van der Waals surface area contributed by atoms with Crippen LogP contribution in [0.1, 0.15) is 42.4 Å². The molecule has 0 aliphatic heterocycles. The van der Waals surface area contributed by atoms with Crippen LogP contribution in [0.25, 0.3) is 11.1 Å². The number of nitrogens with one attached hydrogen (secondary N) is 3. The molecule has 2 aromatic heterocycles. The number of hydrogen-bond donors (Lipinski definition) is 4. The molecule has 0 saturated heterocycles. The van der Waals surface area contributed by atoms with Gasteiger partial charge in [0.15, 0.2) is 5.69 Å². The molecule has 0 fully saturated rings. The molecule has 3 rings (SSSR count). The second-order valence-electron chi connectivity index (χ2n) is 6.44. The van der Waals surface area contributed by atoms with Crippen molar-refractivity contribution in [1.82, 2.24) is 25.1 Å². The number of H-pyrrole nitrogens is 2. The minimum absolute atomic E-state index is 0.430. The minimum Gasteiger partial charge on any atom is -0.501 e. The summed E-state index contributed by atoms with van der Waals surface area (Å²) < 4.78 is 1.87. The minimum atomic E-state index is -1.02.